The van der Waals surface area contributed by atoms with E-state index in [-0.39, 0.29) is 23.0 Å². The number of aromatic nitrogens is 2. The van der Waals surface area contributed by atoms with Gasteiger partial charge in [0, 0.05) is 6.54 Å². The van der Waals surface area contributed by atoms with Crippen LogP contribution in [0, 0.1) is 0 Å². The molecule has 2 rings (SSSR count). The first-order valence-electron chi connectivity index (χ1n) is 5.84. The maximum Gasteiger partial charge on any atom is 0.271 e. The SMILES string of the molecule is Nc1cncc(C(=O)NCc2ccc(S(N)(=O)=O)cc2)n1. The molecule has 1 amide bonds. The van der Waals surface area contributed by atoms with Gasteiger partial charge >= 0.3 is 0 Å². The van der Waals surface area contributed by atoms with Crippen molar-refractivity contribution < 1.29 is 13.2 Å². The quantitative estimate of drug-likeness (QED) is 0.704. The number of amides is 1. The minimum absolute atomic E-state index is 0.0132. The van der Waals surface area contributed by atoms with Crippen LogP contribution in [0.2, 0.25) is 0 Å². The molecule has 0 saturated heterocycles. The third-order valence-electron chi connectivity index (χ3n) is 2.59. The number of rotatable bonds is 4. The number of nitrogens with two attached hydrogens (primary N) is 2. The Bertz CT molecular complexity index is 759. The van der Waals surface area contributed by atoms with Crippen LogP contribution < -0.4 is 16.2 Å². The molecule has 5 N–H and O–H groups in total. The summed E-state index contributed by atoms with van der Waals surface area (Å²) in [6.45, 7) is 0.209. The topological polar surface area (TPSA) is 141 Å². The molecule has 0 bridgehead atoms. The van der Waals surface area contributed by atoms with Crippen LogP contribution in [0.25, 0.3) is 0 Å². The first kappa shape index (κ1) is 14.9. The van der Waals surface area contributed by atoms with E-state index in [1.165, 1.54) is 24.5 Å². The molecule has 0 spiro atoms. The Morgan fingerprint density at radius 3 is 2.43 bits per heavy atom. The number of sulfonamides is 1. The molecule has 0 saturated carbocycles. The summed E-state index contributed by atoms with van der Waals surface area (Å²) in [4.78, 5) is 19.4. The normalized spacial score (nSPS) is 11.1. The number of hydrogen-bond acceptors (Lipinski definition) is 6. The van der Waals surface area contributed by atoms with Crippen molar-refractivity contribution in [3.63, 3.8) is 0 Å². The molecule has 9 heteroatoms. The Balaban J connectivity index is 2.02. The average Bonchev–Trinajstić information content (AvgIpc) is 2.44. The van der Waals surface area contributed by atoms with Crippen LogP contribution in [0.5, 0.6) is 0 Å². The molecular formula is C12H13N5O3S. The van der Waals surface area contributed by atoms with E-state index in [1.807, 2.05) is 0 Å². The smallest absolute Gasteiger partial charge is 0.271 e. The Labute approximate surface area is 121 Å². The van der Waals surface area contributed by atoms with Gasteiger partial charge in [-0.25, -0.2) is 18.5 Å². The lowest BCUT2D eigenvalue weighted by Crippen LogP contribution is -2.24. The van der Waals surface area contributed by atoms with Crippen LogP contribution in [0.1, 0.15) is 16.1 Å². The predicted octanol–water partition coefficient (Wildman–Crippen LogP) is -0.364. The average molecular weight is 307 g/mol. The molecule has 21 heavy (non-hydrogen) atoms. The summed E-state index contributed by atoms with van der Waals surface area (Å²) in [6, 6.07) is 5.87. The third-order valence-corrected chi connectivity index (χ3v) is 3.52. The number of primary sulfonamides is 1. The van der Waals surface area contributed by atoms with E-state index in [0.717, 1.165) is 0 Å². The monoisotopic (exact) mass is 307 g/mol. The molecule has 0 radical (unpaired) electrons. The number of carbonyl (C=O) groups is 1. The second kappa shape index (κ2) is 5.85. The fourth-order valence-corrected chi connectivity index (χ4v) is 2.08. The summed E-state index contributed by atoms with van der Waals surface area (Å²) in [5, 5.41) is 7.62. The zero-order valence-corrected chi connectivity index (χ0v) is 11.7. The summed E-state index contributed by atoms with van der Waals surface area (Å²) >= 11 is 0. The molecule has 2 aromatic rings. The lowest BCUT2D eigenvalue weighted by atomic mass is 10.2. The van der Waals surface area contributed by atoms with Crippen molar-refractivity contribution in [3.8, 4) is 0 Å². The number of nitrogen functional groups attached to an aromatic ring is 1. The molecule has 0 atom stereocenters. The van der Waals surface area contributed by atoms with E-state index in [2.05, 4.69) is 15.3 Å². The maximum atomic E-state index is 11.8. The highest BCUT2D eigenvalue weighted by atomic mass is 32.2. The van der Waals surface area contributed by atoms with Crippen molar-refractivity contribution in [2.45, 2.75) is 11.4 Å². The van der Waals surface area contributed by atoms with Crippen molar-refractivity contribution in [2.24, 2.45) is 5.14 Å². The fourth-order valence-electron chi connectivity index (χ4n) is 1.56. The highest BCUT2D eigenvalue weighted by Crippen LogP contribution is 2.08. The Hall–Kier alpha value is -2.52. The van der Waals surface area contributed by atoms with Crippen molar-refractivity contribution >= 4 is 21.7 Å². The lowest BCUT2D eigenvalue weighted by molar-refractivity contribution is 0.0945. The lowest BCUT2D eigenvalue weighted by Gasteiger charge is -2.06. The minimum atomic E-state index is -3.72. The van der Waals surface area contributed by atoms with Crippen LogP contribution in [0.15, 0.2) is 41.6 Å². The van der Waals surface area contributed by atoms with Crippen molar-refractivity contribution in [3.05, 3.63) is 47.9 Å². The van der Waals surface area contributed by atoms with Crippen LogP contribution in [0.4, 0.5) is 5.82 Å². The van der Waals surface area contributed by atoms with Crippen molar-refractivity contribution in [1.29, 1.82) is 0 Å². The molecule has 8 nitrogen and oxygen atoms in total. The van der Waals surface area contributed by atoms with Crippen LogP contribution in [0.3, 0.4) is 0 Å². The summed E-state index contributed by atoms with van der Waals surface area (Å²) < 4.78 is 22.2. The summed E-state index contributed by atoms with van der Waals surface area (Å²) in [5.74, 6) is -0.273. The van der Waals surface area contributed by atoms with Gasteiger partial charge in [-0.3, -0.25) is 9.78 Å². The minimum Gasteiger partial charge on any atom is -0.382 e. The Morgan fingerprint density at radius 1 is 1.19 bits per heavy atom. The van der Waals surface area contributed by atoms with Gasteiger partial charge in [0.2, 0.25) is 10.0 Å². The standard InChI is InChI=1S/C12H13N5O3S/c13-11-7-15-6-10(17-11)12(18)16-5-8-1-3-9(4-2-8)21(14,19)20/h1-4,6-7H,5H2,(H2,13,17)(H,16,18)(H2,14,19,20). The van der Waals surface area contributed by atoms with Gasteiger partial charge in [-0.15, -0.1) is 0 Å². The zero-order chi connectivity index (χ0) is 15.5. The van der Waals surface area contributed by atoms with E-state index >= 15 is 0 Å². The fraction of sp³-hybridized carbons (Fsp3) is 0.0833. The van der Waals surface area contributed by atoms with E-state index in [1.54, 1.807) is 12.1 Å². The molecule has 0 aliphatic carbocycles. The molecule has 0 unspecified atom stereocenters. The number of carbonyl (C=O) groups excluding carboxylic acids is 1. The predicted molar refractivity (Wildman–Crippen MR) is 75.4 cm³/mol. The van der Waals surface area contributed by atoms with Gasteiger partial charge in [-0.1, -0.05) is 12.1 Å². The Morgan fingerprint density at radius 2 is 1.86 bits per heavy atom. The zero-order valence-electron chi connectivity index (χ0n) is 10.9. The molecule has 0 fully saturated rings. The highest BCUT2D eigenvalue weighted by molar-refractivity contribution is 7.89. The van der Waals surface area contributed by atoms with E-state index in [0.29, 0.717) is 5.56 Å². The second-order valence-electron chi connectivity index (χ2n) is 4.20. The van der Waals surface area contributed by atoms with Gasteiger partial charge in [0.05, 0.1) is 17.3 Å². The largest absolute Gasteiger partial charge is 0.382 e. The molecule has 0 aliphatic heterocycles. The molecular weight excluding hydrogens is 294 g/mol. The molecule has 0 aliphatic rings. The Kier molecular flexibility index (Phi) is 4.15. The summed E-state index contributed by atoms with van der Waals surface area (Å²) in [7, 11) is -3.72. The number of nitrogens with one attached hydrogen (secondary N) is 1. The van der Waals surface area contributed by atoms with E-state index < -0.39 is 15.9 Å². The van der Waals surface area contributed by atoms with Gasteiger partial charge in [-0.05, 0) is 17.7 Å². The van der Waals surface area contributed by atoms with E-state index in [4.69, 9.17) is 10.9 Å². The molecule has 1 heterocycles. The molecule has 1 aromatic heterocycles. The highest BCUT2D eigenvalue weighted by Gasteiger charge is 2.09. The molecule has 110 valence electrons. The first-order valence-corrected chi connectivity index (χ1v) is 7.38. The van der Waals surface area contributed by atoms with Crippen LogP contribution in [-0.2, 0) is 16.6 Å². The van der Waals surface area contributed by atoms with Crippen molar-refractivity contribution in [2.75, 3.05) is 5.73 Å². The van der Waals surface area contributed by atoms with Crippen LogP contribution in [-0.4, -0.2) is 24.3 Å². The van der Waals surface area contributed by atoms with Gasteiger partial charge in [-0.2, -0.15) is 0 Å². The van der Waals surface area contributed by atoms with Crippen molar-refractivity contribution in [1.82, 2.24) is 15.3 Å². The maximum absolute atomic E-state index is 11.8. The molecule has 1 aromatic carbocycles. The van der Waals surface area contributed by atoms with Crippen LogP contribution >= 0.6 is 0 Å². The summed E-state index contributed by atoms with van der Waals surface area (Å²) in [5.41, 5.74) is 6.26. The van der Waals surface area contributed by atoms with Gasteiger partial charge in [0.25, 0.3) is 5.91 Å². The number of hydrogen-bond donors (Lipinski definition) is 3. The second-order valence-corrected chi connectivity index (χ2v) is 5.76. The number of benzene rings is 1. The van der Waals surface area contributed by atoms with Gasteiger partial charge in [0.1, 0.15) is 11.5 Å². The number of anilines is 1. The van der Waals surface area contributed by atoms with Gasteiger partial charge in [0.15, 0.2) is 0 Å². The van der Waals surface area contributed by atoms with E-state index in [9.17, 15) is 13.2 Å². The third kappa shape index (κ3) is 3.97. The van der Waals surface area contributed by atoms with Gasteiger partial charge < -0.3 is 11.1 Å². The first-order chi connectivity index (χ1) is 9.86. The summed E-state index contributed by atoms with van der Waals surface area (Å²) in [6.07, 6.45) is 2.64. The number of nitrogens with zero attached hydrogens (tertiary/aromatic N) is 2.